The maximum Gasteiger partial charge on any atom is 0.335 e. The third-order valence-corrected chi connectivity index (χ3v) is 2.43. The first-order chi connectivity index (χ1) is 9.95. The average Bonchev–Trinajstić information content (AvgIpc) is 2.84. The van der Waals surface area contributed by atoms with Crippen LogP contribution in [0.5, 0.6) is 0 Å². The first kappa shape index (κ1) is 14.4. The van der Waals surface area contributed by atoms with E-state index in [-0.39, 0.29) is 23.7 Å². The van der Waals surface area contributed by atoms with Crippen LogP contribution in [0.25, 0.3) is 0 Å². The van der Waals surface area contributed by atoms with Crippen molar-refractivity contribution in [3.8, 4) is 0 Å². The average molecular weight is 294 g/mol. The van der Waals surface area contributed by atoms with E-state index < -0.39 is 17.8 Å². The number of rotatable bonds is 4. The van der Waals surface area contributed by atoms with Crippen molar-refractivity contribution in [2.45, 2.75) is 13.5 Å². The summed E-state index contributed by atoms with van der Waals surface area (Å²) in [4.78, 5) is 26.3. The van der Waals surface area contributed by atoms with E-state index in [1.807, 2.05) is 0 Å². The van der Waals surface area contributed by atoms with Crippen LogP contribution >= 0.6 is 0 Å². The maximum atomic E-state index is 13.5. The quantitative estimate of drug-likeness (QED) is 0.787. The predicted molar refractivity (Wildman–Crippen MR) is 68.3 cm³/mol. The number of aromatic carboxylic acids is 1. The number of anilines is 1. The largest absolute Gasteiger partial charge is 0.478 e. The minimum Gasteiger partial charge on any atom is -0.478 e. The molecule has 1 heterocycles. The van der Waals surface area contributed by atoms with E-state index in [1.165, 1.54) is 0 Å². The minimum absolute atomic E-state index is 0.0348. The molecular formula is C12H11FN4O4. The van der Waals surface area contributed by atoms with E-state index in [0.29, 0.717) is 5.82 Å². The second-order valence-corrected chi connectivity index (χ2v) is 4.04. The molecule has 0 saturated carbocycles. The van der Waals surface area contributed by atoms with E-state index in [0.717, 1.165) is 18.2 Å². The highest BCUT2D eigenvalue weighted by Gasteiger charge is 2.11. The monoisotopic (exact) mass is 294 g/mol. The van der Waals surface area contributed by atoms with Crippen LogP contribution in [-0.4, -0.2) is 27.2 Å². The van der Waals surface area contributed by atoms with Gasteiger partial charge >= 0.3 is 12.0 Å². The molecule has 0 saturated heterocycles. The number of aryl methyl sites for hydroxylation is 1. The van der Waals surface area contributed by atoms with E-state index in [4.69, 9.17) is 9.63 Å². The molecule has 9 heteroatoms. The molecule has 0 unspecified atom stereocenters. The topological polar surface area (TPSA) is 117 Å². The Morgan fingerprint density at radius 3 is 2.81 bits per heavy atom. The summed E-state index contributed by atoms with van der Waals surface area (Å²) in [7, 11) is 0. The summed E-state index contributed by atoms with van der Waals surface area (Å²) in [6.07, 6.45) is 0. The molecular weight excluding hydrogens is 283 g/mol. The number of aromatic nitrogens is 2. The van der Waals surface area contributed by atoms with Crippen molar-refractivity contribution in [2.24, 2.45) is 0 Å². The predicted octanol–water partition coefficient (Wildman–Crippen LogP) is 1.54. The number of urea groups is 1. The lowest BCUT2D eigenvalue weighted by Gasteiger charge is -2.07. The number of carbonyl (C=O) groups is 2. The zero-order valence-electron chi connectivity index (χ0n) is 10.9. The lowest BCUT2D eigenvalue weighted by atomic mass is 10.2. The number of carboxylic acids is 1. The van der Waals surface area contributed by atoms with Crippen molar-refractivity contribution in [2.75, 3.05) is 5.32 Å². The lowest BCUT2D eigenvalue weighted by Crippen LogP contribution is -2.28. The molecule has 0 radical (unpaired) electrons. The number of carboxylic acid groups (broad SMARTS) is 1. The molecule has 0 fully saturated rings. The lowest BCUT2D eigenvalue weighted by molar-refractivity contribution is 0.0697. The number of hydrogen-bond acceptors (Lipinski definition) is 5. The smallest absolute Gasteiger partial charge is 0.335 e. The van der Waals surface area contributed by atoms with Gasteiger partial charge < -0.3 is 20.3 Å². The molecule has 2 aromatic rings. The van der Waals surface area contributed by atoms with Crippen molar-refractivity contribution in [1.82, 2.24) is 15.5 Å². The molecule has 21 heavy (non-hydrogen) atoms. The fourth-order valence-corrected chi connectivity index (χ4v) is 1.49. The van der Waals surface area contributed by atoms with E-state index in [9.17, 15) is 14.0 Å². The molecule has 0 atom stereocenters. The van der Waals surface area contributed by atoms with Gasteiger partial charge in [0.1, 0.15) is 5.82 Å². The number of amides is 2. The summed E-state index contributed by atoms with van der Waals surface area (Å²) in [5, 5.41) is 16.9. The van der Waals surface area contributed by atoms with Crippen LogP contribution in [0.4, 0.5) is 14.9 Å². The molecule has 2 amide bonds. The van der Waals surface area contributed by atoms with Gasteiger partial charge in [-0.1, -0.05) is 5.16 Å². The highest BCUT2D eigenvalue weighted by Crippen LogP contribution is 2.16. The Balaban J connectivity index is 1.99. The van der Waals surface area contributed by atoms with Crippen LogP contribution in [0.1, 0.15) is 22.1 Å². The third kappa shape index (κ3) is 3.75. The highest BCUT2D eigenvalue weighted by molar-refractivity contribution is 5.93. The summed E-state index contributed by atoms with van der Waals surface area (Å²) < 4.78 is 18.3. The van der Waals surface area contributed by atoms with Gasteiger partial charge in [-0.3, -0.25) is 0 Å². The molecule has 1 aromatic heterocycles. The van der Waals surface area contributed by atoms with E-state index in [1.54, 1.807) is 6.92 Å². The normalized spacial score (nSPS) is 10.2. The Kier molecular flexibility index (Phi) is 4.12. The van der Waals surface area contributed by atoms with Gasteiger partial charge in [-0.15, -0.1) is 0 Å². The highest BCUT2D eigenvalue weighted by atomic mass is 19.1. The molecule has 3 N–H and O–H groups in total. The number of nitrogens with one attached hydrogen (secondary N) is 2. The van der Waals surface area contributed by atoms with Crippen LogP contribution < -0.4 is 10.6 Å². The number of nitrogens with zero attached hydrogens (tertiary/aromatic N) is 2. The van der Waals surface area contributed by atoms with Crippen LogP contribution in [0.3, 0.4) is 0 Å². The maximum absolute atomic E-state index is 13.5. The summed E-state index contributed by atoms with van der Waals surface area (Å²) in [6.45, 7) is 1.59. The minimum atomic E-state index is -1.22. The summed E-state index contributed by atoms with van der Waals surface area (Å²) >= 11 is 0. The van der Waals surface area contributed by atoms with Gasteiger partial charge in [-0.25, -0.2) is 14.0 Å². The first-order valence-electron chi connectivity index (χ1n) is 5.82. The van der Waals surface area contributed by atoms with Crippen molar-refractivity contribution >= 4 is 17.7 Å². The Labute approximate surface area is 118 Å². The molecule has 0 aliphatic heterocycles. The molecule has 0 bridgehead atoms. The second-order valence-electron chi connectivity index (χ2n) is 4.04. The fraction of sp³-hybridized carbons (Fsp3) is 0.167. The Bertz CT molecular complexity index is 686. The van der Waals surface area contributed by atoms with Crippen LogP contribution in [0, 0.1) is 12.7 Å². The Morgan fingerprint density at radius 1 is 1.43 bits per heavy atom. The van der Waals surface area contributed by atoms with Gasteiger partial charge in [0.2, 0.25) is 5.89 Å². The Morgan fingerprint density at radius 2 is 2.19 bits per heavy atom. The van der Waals surface area contributed by atoms with E-state index >= 15 is 0 Å². The molecule has 0 spiro atoms. The van der Waals surface area contributed by atoms with Gasteiger partial charge in [0.15, 0.2) is 5.82 Å². The van der Waals surface area contributed by atoms with Crippen LogP contribution in [0.15, 0.2) is 22.7 Å². The third-order valence-electron chi connectivity index (χ3n) is 2.43. The van der Waals surface area contributed by atoms with E-state index in [2.05, 4.69) is 20.8 Å². The zero-order chi connectivity index (χ0) is 15.4. The van der Waals surface area contributed by atoms with Gasteiger partial charge in [0, 0.05) is 0 Å². The number of halogens is 1. The standard InChI is InChI=1S/C12H11FN4O4/c1-6-15-10(21-17-6)5-14-12(20)16-9-4-7(11(18)19)2-3-8(9)13/h2-4H,5H2,1H3,(H,18,19)(H2,14,16,20). The molecule has 2 rings (SSSR count). The zero-order valence-corrected chi connectivity index (χ0v) is 10.9. The molecule has 1 aromatic carbocycles. The fourth-order valence-electron chi connectivity index (χ4n) is 1.49. The van der Waals surface area contributed by atoms with Crippen molar-refractivity contribution in [3.05, 3.63) is 41.3 Å². The number of carbonyl (C=O) groups excluding carboxylic acids is 1. The SMILES string of the molecule is Cc1noc(CNC(=O)Nc2cc(C(=O)O)ccc2F)n1. The van der Waals surface area contributed by atoms with Crippen LogP contribution in [-0.2, 0) is 6.54 Å². The van der Waals surface area contributed by atoms with Gasteiger partial charge in [-0.2, -0.15) is 4.98 Å². The summed E-state index contributed by atoms with van der Waals surface area (Å²) in [5.74, 6) is -1.35. The summed E-state index contributed by atoms with van der Waals surface area (Å²) in [6, 6.07) is 2.35. The number of hydrogen-bond donors (Lipinski definition) is 3. The van der Waals surface area contributed by atoms with Gasteiger partial charge in [0.25, 0.3) is 0 Å². The molecule has 110 valence electrons. The van der Waals surface area contributed by atoms with Gasteiger partial charge in [-0.05, 0) is 25.1 Å². The second kappa shape index (κ2) is 5.99. The van der Waals surface area contributed by atoms with Crippen LogP contribution in [0.2, 0.25) is 0 Å². The molecule has 0 aliphatic carbocycles. The summed E-state index contributed by atoms with van der Waals surface area (Å²) in [5.41, 5.74) is -0.381. The van der Waals surface area contributed by atoms with Gasteiger partial charge in [0.05, 0.1) is 17.8 Å². The first-order valence-corrected chi connectivity index (χ1v) is 5.82. The molecule has 0 aliphatic rings. The van der Waals surface area contributed by atoms with Crippen molar-refractivity contribution in [1.29, 1.82) is 0 Å². The van der Waals surface area contributed by atoms with Crippen molar-refractivity contribution < 1.29 is 23.6 Å². The number of benzene rings is 1. The molecule has 8 nitrogen and oxygen atoms in total. The van der Waals surface area contributed by atoms with Crippen molar-refractivity contribution in [3.63, 3.8) is 0 Å². The Hall–Kier alpha value is -2.97.